The van der Waals surface area contributed by atoms with Gasteiger partial charge in [0.05, 0.1) is 5.56 Å². The number of benzene rings is 2. The molecule has 0 aliphatic carbocycles. The highest BCUT2D eigenvalue weighted by Gasteiger charge is 2.35. The van der Waals surface area contributed by atoms with Gasteiger partial charge in [0.25, 0.3) is 0 Å². The molecule has 3 rings (SSSR count). The maximum absolute atomic E-state index is 13.6. The Bertz CT molecular complexity index is 855. The van der Waals surface area contributed by atoms with Gasteiger partial charge in [0.15, 0.2) is 0 Å². The number of carboxylic acid groups (broad SMARTS) is 1. The molecule has 2 aromatic rings. The van der Waals surface area contributed by atoms with Gasteiger partial charge in [-0.05, 0) is 48.9 Å². The van der Waals surface area contributed by atoms with Gasteiger partial charge in [0.2, 0.25) is 0 Å². The van der Waals surface area contributed by atoms with Crippen molar-refractivity contribution in [3.8, 4) is 5.75 Å². The normalized spacial score (nSPS) is 18.8. The zero-order chi connectivity index (χ0) is 22.3. The molecule has 0 amide bonds. The van der Waals surface area contributed by atoms with Crippen molar-refractivity contribution in [2.45, 2.75) is 63.3 Å². The quantitative estimate of drug-likeness (QED) is 0.501. The average molecular weight is 435 g/mol. The fraction of sp³-hybridized carbons (Fsp3) is 0.458. The molecule has 168 valence electrons. The predicted molar refractivity (Wildman–Crippen MR) is 112 cm³/mol. The SMILES string of the molecule is O=C(O)[C@@H]1C[C@H](Oc2ccc(CCCCCCc3ccccc3)c(C(F)(F)F)c2)CN1. The van der Waals surface area contributed by atoms with E-state index in [1.807, 2.05) is 18.2 Å². The number of nitrogens with one attached hydrogen (secondary N) is 1. The fourth-order valence-electron chi connectivity index (χ4n) is 3.93. The lowest BCUT2D eigenvalue weighted by Crippen LogP contribution is -2.30. The number of alkyl halides is 3. The number of rotatable bonds is 10. The van der Waals surface area contributed by atoms with Crippen LogP contribution >= 0.6 is 0 Å². The minimum Gasteiger partial charge on any atom is -0.489 e. The average Bonchev–Trinajstić information content (AvgIpc) is 3.20. The summed E-state index contributed by atoms with van der Waals surface area (Å²) in [6.07, 6.45) is 0.245. The molecule has 1 heterocycles. The van der Waals surface area contributed by atoms with Gasteiger partial charge in [-0.1, -0.05) is 49.2 Å². The largest absolute Gasteiger partial charge is 0.489 e. The maximum atomic E-state index is 13.6. The van der Waals surface area contributed by atoms with Crippen LogP contribution in [0.2, 0.25) is 0 Å². The first-order valence-corrected chi connectivity index (χ1v) is 10.7. The van der Waals surface area contributed by atoms with E-state index >= 15 is 0 Å². The van der Waals surface area contributed by atoms with Crippen LogP contribution in [0.3, 0.4) is 0 Å². The zero-order valence-electron chi connectivity index (χ0n) is 17.3. The molecule has 0 saturated carbocycles. The number of carbonyl (C=O) groups is 1. The van der Waals surface area contributed by atoms with Crippen LogP contribution in [0.1, 0.15) is 48.8 Å². The van der Waals surface area contributed by atoms with E-state index in [4.69, 9.17) is 9.84 Å². The Hall–Kier alpha value is -2.54. The molecule has 1 aliphatic rings. The summed E-state index contributed by atoms with van der Waals surface area (Å²) in [4.78, 5) is 11.0. The van der Waals surface area contributed by atoms with Gasteiger partial charge in [-0.2, -0.15) is 13.2 Å². The smallest absolute Gasteiger partial charge is 0.416 e. The Morgan fingerprint density at radius 1 is 1.03 bits per heavy atom. The molecule has 0 radical (unpaired) electrons. The molecule has 2 aromatic carbocycles. The molecule has 4 nitrogen and oxygen atoms in total. The van der Waals surface area contributed by atoms with Crippen LogP contribution < -0.4 is 10.1 Å². The van der Waals surface area contributed by atoms with Crippen LogP contribution in [0.15, 0.2) is 48.5 Å². The van der Waals surface area contributed by atoms with Gasteiger partial charge in [-0.3, -0.25) is 4.79 Å². The summed E-state index contributed by atoms with van der Waals surface area (Å²) in [7, 11) is 0. The fourth-order valence-corrected chi connectivity index (χ4v) is 3.93. The molecule has 1 saturated heterocycles. The van der Waals surface area contributed by atoms with Crippen LogP contribution in [-0.4, -0.2) is 29.8 Å². The molecule has 1 aliphatic heterocycles. The van der Waals surface area contributed by atoms with Crippen molar-refractivity contribution in [3.05, 3.63) is 65.2 Å². The second-order valence-corrected chi connectivity index (χ2v) is 7.99. The number of hydrogen-bond acceptors (Lipinski definition) is 3. The first kappa shape index (κ1) is 23.1. The lowest BCUT2D eigenvalue weighted by Gasteiger charge is -2.17. The van der Waals surface area contributed by atoms with Gasteiger partial charge in [-0.15, -0.1) is 0 Å². The van der Waals surface area contributed by atoms with Crippen molar-refractivity contribution < 1.29 is 27.8 Å². The van der Waals surface area contributed by atoms with Crippen molar-refractivity contribution in [1.29, 1.82) is 0 Å². The van der Waals surface area contributed by atoms with Gasteiger partial charge >= 0.3 is 12.1 Å². The van der Waals surface area contributed by atoms with Crippen LogP contribution in [0.5, 0.6) is 5.75 Å². The van der Waals surface area contributed by atoms with E-state index in [0.29, 0.717) is 19.4 Å². The highest BCUT2D eigenvalue weighted by molar-refractivity contribution is 5.73. The monoisotopic (exact) mass is 435 g/mol. The minimum atomic E-state index is -4.46. The Morgan fingerprint density at radius 2 is 1.74 bits per heavy atom. The highest BCUT2D eigenvalue weighted by atomic mass is 19.4. The second kappa shape index (κ2) is 10.7. The summed E-state index contributed by atoms with van der Waals surface area (Å²) in [5, 5.41) is 11.8. The molecule has 0 spiro atoms. The molecule has 31 heavy (non-hydrogen) atoms. The molecule has 0 unspecified atom stereocenters. The van der Waals surface area contributed by atoms with Crippen LogP contribution in [-0.2, 0) is 23.8 Å². The van der Waals surface area contributed by atoms with E-state index in [-0.39, 0.29) is 17.7 Å². The first-order valence-electron chi connectivity index (χ1n) is 10.7. The van der Waals surface area contributed by atoms with Crippen molar-refractivity contribution in [3.63, 3.8) is 0 Å². The lowest BCUT2D eigenvalue weighted by atomic mass is 9.99. The summed E-state index contributed by atoms with van der Waals surface area (Å²) < 4.78 is 46.4. The third-order valence-corrected chi connectivity index (χ3v) is 5.58. The van der Waals surface area contributed by atoms with Crippen LogP contribution in [0, 0.1) is 0 Å². The number of unbranched alkanes of at least 4 members (excludes halogenated alkanes) is 3. The maximum Gasteiger partial charge on any atom is 0.416 e. The van der Waals surface area contributed by atoms with E-state index < -0.39 is 29.9 Å². The van der Waals surface area contributed by atoms with E-state index in [0.717, 1.165) is 31.7 Å². The third-order valence-electron chi connectivity index (χ3n) is 5.58. The molecular formula is C24H28F3NO3. The lowest BCUT2D eigenvalue weighted by molar-refractivity contribution is -0.139. The van der Waals surface area contributed by atoms with E-state index in [2.05, 4.69) is 17.4 Å². The Labute approximate surface area is 180 Å². The van der Waals surface area contributed by atoms with Crippen LogP contribution in [0.25, 0.3) is 0 Å². The molecule has 7 heteroatoms. The summed E-state index contributed by atoms with van der Waals surface area (Å²) in [6, 6.07) is 13.5. The van der Waals surface area contributed by atoms with Crippen molar-refractivity contribution in [2.75, 3.05) is 6.54 Å². The van der Waals surface area contributed by atoms with E-state index in [9.17, 15) is 18.0 Å². The molecule has 1 fully saturated rings. The van der Waals surface area contributed by atoms with Gasteiger partial charge in [0, 0.05) is 13.0 Å². The Morgan fingerprint density at radius 3 is 2.39 bits per heavy atom. The van der Waals surface area contributed by atoms with E-state index in [1.54, 1.807) is 6.07 Å². The predicted octanol–water partition coefficient (Wildman–Crippen LogP) is 5.24. The Kier molecular flexibility index (Phi) is 7.96. The number of ether oxygens (including phenoxy) is 1. The summed E-state index contributed by atoms with van der Waals surface area (Å²) in [5.74, 6) is -0.863. The van der Waals surface area contributed by atoms with Crippen molar-refractivity contribution in [2.24, 2.45) is 0 Å². The van der Waals surface area contributed by atoms with Gasteiger partial charge < -0.3 is 15.2 Å². The van der Waals surface area contributed by atoms with Gasteiger partial charge in [0.1, 0.15) is 17.9 Å². The molecule has 2 N–H and O–H groups in total. The molecule has 0 bridgehead atoms. The number of aliphatic carboxylic acids is 1. The molecule has 2 atom stereocenters. The first-order chi connectivity index (χ1) is 14.8. The highest BCUT2D eigenvalue weighted by Crippen LogP contribution is 2.35. The number of halogens is 3. The molecular weight excluding hydrogens is 407 g/mol. The van der Waals surface area contributed by atoms with Crippen molar-refractivity contribution in [1.82, 2.24) is 5.32 Å². The summed E-state index contributed by atoms with van der Waals surface area (Å²) >= 11 is 0. The molecule has 0 aromatic heterocycles. The minimum absolute atomic E-state index is 0.122. The summed E-state index contributed by atoms with van der Waals surface area (Å²) in [6.45, 7) is 0.295. The van der Waals surface area contributed by atoms with Crippen LogP contribution in [0.4, 0.5) is 13.2 Å². The second-order valence-electron chi connectivity index (χ2n) is 7.99. The summed E-state index contributed by atoms with van der Waals surface area (Å²) in [5.41, 5.74) is 0.885. The number of hydrogen-bond donors (Lipinski definition) is 2. The Balaban J connectivity index is 1.51. The van der Waals surface area contributed by atoms with Crippen molar-refractivity contribution >= 4 is 5.97 Å². The van der Waals surface area contributed by atoms with Gasteiger partial charge in [-0.25, -0.2) is 0 Å². The number of carboxylic acids is 1. The third kappa shape index (κ3) is 6.99. The topological polar surface area (TPSA) is 58.6 Å². The number of aryl methyl sites for hydroxylation is 2. The van der Waals surface area contributed by atoms with E-state index in [1.165, 1.54) is 11.6 Å². The standard InChI is InChI=1S/C24H28F3NO3/c25-24(26,27)21-14-19(31-20-15-22(23(29)30)28-16-20)13-12-18(21)11-7-2-1-4-8-17-9-5-3-6-10-17/h3,5-6,9-10,12-14,20,22,28H,1-2,4,7-8,11,15-16H2,(H,29,30)/t20-,22-/m0/s1. The zero-order valence-corrected chi connectivity index (χ0v) is 17.3.